The molecule has 7 N–H and O–H groups in total. The standard InChI is InChI=1S/C67H107N9O15S/c1-18-42(8)58(50(88-14)36-53(78)76-35-25-28-49(76)60(90-16)43(9)61(81)69-44(10)59(80)47-26-21-19-22-27-47)74(12)66(86)56(40(4)5)73-65(85)57(41(6)7)75(13)67(87)91-38-46-30-32-48(33-31-46)71-62(82)45(11)70-64(84)55(39(2)3)72-52(77)29-23-20-24-34-68-63(83)51(92-17)37-54(79)89-15/h19,21-22,26-27,30-33,39-45,49-51,55-60,80H,18,20,23-25,28-29,34-38H2,1-17H3,(H,68,83)(H,69,81)(H,70,84)(H,71,82)(H,72,77)(H,73,85)/t42-,43+,44+,45-,49-,50+,51?,55-,56-,57-,58-,59+,60+/m0/s1. The molecule has 0 aliphatic carbocycles. The van der Waals surface area contributed by atoms with Gasteiger partial charge in [0.2, 0.25) is 47.3 Å². The van der Waals surface area contributed by atoms with Crippen molar-refractivity contribution in [1.82, 2.24) is 41.3 Å². The van der Waals surface area contributed by atoms with Gasteiger partial charge in [-0.2, -0.15) is 11.8 Å². The number of methoxy groups -OCH3 is 3. The first-order valence-corrected chi connectivity index (χ1v) is 33.5. The molecular formula is C67H107N9O15S. The summed E-state index contributed by atoms with van der Waals surface area (Å²) in [5, 5.41) is 27.3. The Morgan fingerprint density at radius 1 is 0.696 bits per heavy atom. The highest BCUT2D eigenvalue weighted by Crippen LogP contribution is 2.31. The molecular weight excluding hydrogens is 1200 g/mol. The molecule has 1 unspecified atom stereocenters. The van der Waals surface area contributed by atoms with Crippen molar-refractivity contribution in [2.45, 2.75) is 206 Å². The molecule has 0 saturated carbocycles. The largest absolute Gasteiger partial charge is 0.469 e. The van der Waals surface area contributed by atoms with E-state index in [1.807, 2.05) is 45.9 Å². The smallest absolute Gasteiger partial charge is 0.410 e. The Labute approximate surface area is 549 Å². The van der Waals surface area contributed by atoms with Crippen LogP contribution in [0.25, 0.3) is 0 Å². The number of carbonyl (C=O) groups excluding carboxylic acids is 10. The summed E-state index contributed by atoms with van der Waals surface area (Å²) in [6, 6.07) is 9.94. The molecule has 2 aromatic carbocycles. The van der Waals surface area contributed by atoms with Crippen LogP contribution in [0.15, 0.2) is 54.6 Å². The monoisotopic (exact) mass is 1310 g/mol. The number of nitrogens with zero attached hydrogens (tertiary/aromatic N) is 3. The summed E-state index contributed by atoms with van der Waals surface area (Å²) in [5.41, 5.74) is 1.64. The van der Waals surface area contributed by atoms with Crippen LogP contribution in [-0.4, -0.2) is 194 Å². The number of unbranched alkanes of at least 4 members (excludes halogenated alkanes) is 2. The van der Waals surface area contributed by atoms with Crippen LogP contribution in [0.5, 0.6) is 0 Å². The zero-order chi connectivity index (χ0) is 69.1. The maximum Gasteiger partial charge on any atom is 0.410 e. The SMILES string of the molecule is CC[C@H](C)[C@@H]([C@@H](CC(=O)N1CCC[C@H]1[C@H](OC)[C@@H](C)C(=O)N[C@H](C)[C@@H](O)c1ccccc1)OC)N(C)C(=O)[C@@H](NC(=O)[C@H](C(C)C)N(C)C(=O)OCc1ccc(NC(=O)[C@H](C)NC(=O)[C@@H](NC(=O)CCCCCNC(=O)C(CC(=O)OC)SC)C(C)C)cc1)C(C)C. The second-order valence-corrected chi connectivity index (χ2v) is 26.2. The van der Waals surface area contributed by atoms with Gasteiger partial charge in [-0.15, -0.1) is 0 Å². The molecule has 92 heavy (non-hydrogen) atoms. The number of hydrogen-bond donors (Lipinski definition) is 7. The Morgan fingerprint density at radius 3 is 1.90 bits per heavy atom. The van der Waals surface area contributed by atoms with Crippen molar-refractivity contribution in [1.29, 1.82) is 0 Å². The number of likely N-dealkylation sites (tertiary alicyclic amines) is 1. The number of ether oxygens (including phenoxy) is 4. The van der Waals surface area contributed by atoms with Gasteiger partial charge >= 0.3 is 12.1 Å². The summed E-state index contributed by atoms with van der Waals surface area (Å²) in [5.74, 6) is -5.60. The van der Waals surface area contributed by atoms with Gasteiger partial charge in [0.1, 0.15) is 30.8 Å². The summed E-state index contributed by atoms with van der Waals surface area (Å²) in [6.45, 7) is 20.3. The van der Waals surface area contributed by atoms with Crippen LogP contribution in [0.2, 0.25) is 0 Å². The molecule has 13 atom stereocenters. The number of aliphatic hydroxyl groups excluding tert-OH is 1. The minimum Gasteiger partial charge on any atom is -0.469 e. The molecule has 9 amide bonds. The lowest BCUT2D eigenvalue weighted by molar-refractivity contribution is -0.148. The highest BCUT2D eigenvalue weighted by molar-refractivity contribution is 7.99. The van der Waals surface area contributed by atoms with Gasteiger partial charge in [0.05, 0.1) is 67.6 Å². The zero-order valence-corrected chi connectivity index (χ0v) is 58.1. The first-order chi connectivity index (χ1) is 43.5. The van der Waals surface area contributed by atoms with Crippen LogP contribution >= 0.6 is 11.8 Å². The quantitative estimate of drug-likeness (QED) is 0.0294. The lowest BCUT2D eigenvalue weighted by Gasteiger charge is -2.41. The molecule has 516 valence electrons. The Kier molecular flexibility index (Phi) is 34.2. The van der Waals surface area contributed by atoms with Crippen molar-refractivity contribution in [2.24, 2.45) is 29.6 Å². The average Bonchev–Trinajstić information content (AvgIpc) is 1.57. The normalized spacial score (nSPS) is 17.1. The van der Waals surface area contributed by atoms with Gasteiger partial charge in [-0.1, -0.05) is 118 Å². The van der Waals surface area contributed by atoms with Crippen molar-refractivity contribution in [2.75, 3.05) is 60.1 Å². The lowest BCUT2D eigenvalue weighted by Crippen LogP contribution is -2.60. The van der Waals surface area contributed by atoms with Gasteiger partial charge in [-0.25, -0.2) is 4.79 Å². The number of hydrogen-bond acceptors (Lipinski definition) is 16. The highest BCUT2D eigenvalue weighted by atomic mass is 32.2. The minimum atomic E-state index is -1.06. The molecule has 0 spiro atoms. The van der Waals surface area contributed by atoms with Crippen molar-refractivity contribution >= 4 is 76.8 Å². The number of rotatable bonds is 38. The van der Waals surface area contributed by atoms with E-state index in [2.05, 4.69) is 36.6 Å². The molecule has 24 nitrogen and oxygen atoms in total. The molecule has 1 aliphatic heterocycles. The third-order valence-corrected chi connectivity index (χ3v) is 18.2. The fourth-order valence-electron chi connectivity index (χ4n) is 11.5. The molecule has 1 aliphatic rings. The predicted octanol–water partition coefficient (Wildman–Crippen LogP) is 6.13. The van der Waals surface area contributed by atoms with Gasteiger partial charge in [-0.3, -0.25) is 48.1 Å². The molecule has 0 aromatic heterocycles. The van der Waals surface area contributed by atoms with E-state index in [0.29, 0.717) is 68.4 Å². The van der Waals surface area contributed by atoms with E-state index in [0.717, 1.165) is 0 Å². The molecule has 1 saturated heterocycles. The van der Waals surface area contributed by atoms with Gasteiger partial charge in [0.25, 0.3) is 0 Å². The summed E-state index contributed by atoms with van der Waals surface area (Å²) in [4.78, 5) is 139. The minimum absolute atomic E-state index is 0.0285. The van der Waals surface area contributed by atoms with E-state index in [1.165, 1.54) is 52.0 Å². The lowest BCUT2D eigenvalue weighted by atomic mass is 9.89. The Hall–Kier alpha value is -6.83. The summed E-state index contributed by atoms with van der Waals surface area (Å²) in [6.07, 6.45) is 2.31. The zero-order valence-electron chi connectivity index (χ0n) is 57.3. The Bertz CT molecular complexity index is 2700. The molecule has 0 radical (unpaired) electrons. The third-order valence-electron chi connectivity index (χ3n) is 17.2. The molecule has 25 heteroatoms. The van der Waals surface area contributed by atoms with Gasteiger partial charge in [-0.05, 0) is 92.7 Å². The molecule has 2 aromatic rings. The maximum atomic E-state index is 14.8. The number of benzene rings is 2. The van der Waals surface area contributed by atoms with E-state index in [4.69, 9.17) is 14.2 Å². The first kappa shape index (κ1) is 79.4. The number of carbonyl (C=O) groups is 10. The molecule has 1 heterocycles. The van der Waals surface area contributed by atoms with Crippen molar-refractivity contribution in [3.8, 4) is 0 Å². The highest BCUT2D eigenvalue weighted by Gasteiger charge is 2.44. The molecule has 1 fully saturated rings. The summed E-state index contributed by atoms with van der Waals surface area (Å²) < 4.78 is 22.4. The number of anilines is 1. The number of amides is 9. The third kappa shape index (κ3) is 23.9. The van der Waals surface area contributed by atoms with Crippen LogP contribution in [0.4, 0.5) is 10.5 Å². The van der Waals surface area contributed by atoms with Gasteiger partial charge < -0.3 is 65.8 Å². The van der Waals surface area contributed by atoms with E-state index >= 15 is 0 Å². The van der Waals surface area contributed by atoms with E-state index in [1.54, 1.807) is 101 Å². The fourth-order valence-corrected chi connectivity index (χ4v) is 12.1. The summed E-state index contributed by atoms with van der Waals surface area (Å²) in [7, 11) is 7.38. The van der Waals surface area contributed by atoms with Crippen LogP contribution in [0, 0.1) is 29.6 Å². The van der Waals surface area contributed by atoms with Crippen LogP contribution < -0.4 is 31.9 Å². The Balaban J connectivity index is 1.59. The second kappa shape index (κ2) is 39.7. The van der Waals surface area contributed by atoms with E-state index in [9.17, 15) is 53.1 Å². The fraction of sp³-hybridized carbons (Fsp3) is 0.672. The topological polar surface area (TPSA) is 310 Å². The number of nitrogens with one attached hydrogen (secondary N) is 6. The second-order valence-electron chi connectivity index (χ2n) is 25.1. The Morgan fingerprint density at radius 2 is 1.34 bits per heavy atom. The molecule has 0 bridgehead atoms. The van der Waals surface area contributed by atoms with Gasteiger partial charge in [0, 0.05) is 53.5 Å². The number of thioether (sulfide) groups is 1. The van der Waals surface area contributed by atoms with Crippen LogP contribution in [0.3, 0.4) is 0 Å². The number of esters is 1. The van der Waals surface area contributed by atoms with Crippen molar-refractivity contribution in [3.05, 3.63) is 65.7 Å². The van der Waals surface area contributed by atoms with Crippen molar-refractivity contribution in [3.63, 3.8) is 0 Å². The number of aliphatic hydroxyl groups is 1. The van der Waals surface area contributed by atoms with E-state index < -0.39 is 119 Å². The summed E-state index contributed by atoms with van der Waals surface area (Å²) >= 11 is 1.26. The average molecular weight is 1310 g/mol. The first-order valence-electron chi connectivity index (χ1n) is 32.2. The molecule has 3 rings (SSSR count). The van der Waals surface area contributed by atoms with Gasteiger partial charge in [0.15, 0.2) is 0 Å². The van der Waals surface area contributed by atoms with Crippen LogP contribution in [0.1, 0.15) is 151 Å². The number of likely N-dealkylation sites (N-methyl/N-ethyl adjacent to an activating group) is 2. The maximum absolute atomic E-state index is 14.8. The van der Waals surface area contributed by atoms with Crippen molar-refractivity contribution < 1.29 is 72.0 Å². The predicted molar refractivity (Wildman–Crippen MR) is 353 cm³/mol. The van der Waals surface area contributed by atoms with Crippen LogP contribution in [-0.2, 0) is 68.7 Å². The van der Waals surface area contributed by atoms with E-state index in [-0.39, 0.29) is 61.3 Å².